The number of pyridine rings is 1. The molecule has 1 amide bonds. The van der Waals surface area contributed by atoms with Crippen LogP contribution < -0.4 is 4.90 Å². The molecule has 2 aliphatic rings. The van der Waals surface area contributed by atoms with E-state index in [4.69, 9.17) is 0 Å². The monoisotopic (exact) mass is 292 g/mol. The van der Waals surface area contributed by atoms with Gasteiger partial charge < -0.3 is 4.90 Å². The summed E-state index contributed by atoms with van der Waals surface area (Å²) in [5.74, 6) is -0.515. The Morgan fingerprint density at radius 3 is 2.65 bits per heavy atom. The Bertz CT molecular complexity index is 727. The Hall–Kier alpha value is -1.68. The highest BCUT2D eigenvalue weighted by Crippen LogP contribution is 2.55. The Labute approximate surface area is 122 Å². The summed E-state index contributed by atoms with van der Waals surface area (Å²) in [7, 11) is 1.65. The number of hydrogen-bond donors (Lipinski definition) is 0. The number of aromatic nitrogens is 1. The fourth-order valence-electron chi connectivity index (χ4n) is 3.49. The number of anilines is 1. The average molecular weight is 293 g/mol. The molecule has 1 fully saturated rings. The standard InChI is InChI=1S/C15H13FN2O.ClH/c1-18-12-11(15(14(18)19)7-4-8-15)9-5-2-3-6-10(9)17-13(12)16;/h2-3,5-6H,4,7-8H2,1H3;1H. The van der Waals surface area contributed by atoms with E-state index in [-0.39, 0.29) is 18.3 Å². The van der Waals surface area contributed by atoms with Crippen molar-refractivity contribution in [3.63, 3.8) is 0 Å². The average Bonchev–Trinajstić information content (AvgIpc) is 2.60. The lowest BCUT2D eigenvalue weighted by molar-refractivity contribution is -0.125. The van der Waals surface area contributed by atoms with Gasteiger partial charge in [-0.2, -0.15) is 4.39 Å². The lowest BCUT2D eigenvalue weighted by Gasteiger charge is -2.37. The van der Waals surface area contributed by atoms with Crippen LogP contribution in [-0.2, 0) is 10.2 Å². The fraction of sp³-hybridized carbons (Fsp3) is 0.333. The predicted molar refractivity (Wildman–Crippen MR) is 77.9 cm³/mol. The molecule has 1 aromatic heterocycles. The topological polar surface area (TPSA) is 33.2 Å². The van der Waals surface area contributed by atoms with Crippen molar-refractivity contribution in [1.29, 1.82) is 0 Å². The van der Waals surface area contributed by atoms with E-state index in [2.05, 4.69) is 4.98 Å². The molecule has 104 valence electrons. The SMILES string of the molecule is CN1C(=O)C2(CCC2)c2c1c(F)nc1ccccc21.Cl. The molecule has 20 heavy (non-hydrogen) atoms. The summed E-state index contributed by atoms with van der Waals surface area (Å²) in [5, 5.41) is 0.913. The van der Waals surface area contributed by atoms with E-state index in [1.165, 1.54) is 4.90 Å². The number of carbonyl (C=O) groups is 1. The van der Waals surface area contributed by atoms with Gasteiger partial charge in [-0.25, -0.2) is 4.98 Å². The normalized spacial score (nSPS) is 18.9. The highest BCUT2D eigenvalue weighted by atomic mass is 35.5. The van der Waals surface area contributed by atoms with Crippen molar-refractivity contribution in [3.8, 4) is 0 Å². The molecule has 1 saturated carbocycles. The van der Waals surface area contributed by atoms with Crippen LogP contribution in [0.5, 0.6) is 0 Å². The van der Waals surface area contributed by atoms with Crippen molar-refractivity contribution in [2.45, 2.75) is 24.7 Å². The minimum absolute atomic E-state index is 0. The highest BCUT2D eigenvalue weighted by molar-refractivity contribution is 6.12. The second-order valence-electron chi connectivity index (χ2n) is 5.44. The Morgan fingerprint density at radius 2 is 2.00 bits per heavy atom. The first-order chi connectivity index (χ1) is 9.15. The molecule has 0 bridgehead atoms. The molecule has 0 N–H and O–H groups in total. The van der Waals surface area contributed by atoms with Crippen LogP contribution in [0, 0.1) is 5.95 Å². The Balaban J connectivity index is 0.00000121. The van der Waals surface area contributed by atoms with E-state index in [1.54, 1.807) is 13.1 Å². The summed E-state index contributed by atoms with van der Waals surface area (Å²) < 4.78 is 14.2. The predicted octanol–water partition coefficient (Wildman–Crippen LogP) is 3.19. The van der Waals surface area contributed by atoms with Crippen LogP contribution >= 0.6 is 12.4 Å². The highest BCUT2D eigenvalue weighted by Gasteiger charge is 2.55. The molecule has 2 aromatic rings. The maximum atomic E-state index is 14.2. The van der Waals surface area contributed by atoms with Crippen molar-refractivity contribution in [1.82, 2.24) is 4.98 Å². The number of fused-ring (bicyclic) bond motifs is 4. The first kappa shape index (κ1) is 13.3. The van der Waals surface area contributed by atoms with Crippen LogP contribution in [0.1, 0.15) is 24.8 Å². The lowest BCUT2D eigenvalue weighted by Crippen LogP contribution is -2.43. The molecule has 1 spiro atoms. The maximum absolute atomic E-state index is 14.2. The minimum Gasteiger partial charge on any atom is -0.310 e. The van der Waals surface area contributed by atoms with Crippen molar-refractivity contribution in [2.24, 2.45) is 0 Å². The molecule has 4 rings (SSSR count). The van der Waals surface area contributed by atoms with E-state index < -0.39 is 11.4 Å². The van der Waals surface area contributed by atoms with E-state index in [9.17, 15) is 9.18 Å². The van der Waals surface area contributed by atoms with Gasteiger partial charge in [-0.3, -0.25) is 4.79 Å². The third-order valence-electron chi connectivity index (χ3n) is 4.56. The van der Waals surface area contributed by atoms with Crippen molar-refractivity contribution >= 4 is 34.9 Å². The summed E-state index contributed by atoms with van der Waals surface area (Å²) in [6.45, 7) is 0. The minimum atomic E-state index is -0.534. The van der Waals surface area contributed by atoms with Gasteiger partial charge in [-0.05, 0) is 18.9 Å². The molecule has 0 unspecified atom stereocenters. The first-order valence-corrected chi connectivity index (χ1v) is 6.52. The van der Waals surface area contributed by atoms with Gasteiger partial charge in [0, 0.05) is 18.0 Å². The number of benzene rings is 1. The molecule has 0 saturated heterocycles. The Kier molecular flexibility index (Phi) is 2.77. The quantitative estimate of drug-likeness (QED) is 0.699. The molecule has 5 heteroatoms. The number of hydrogen-bond acceptors (Lipinski definition) is 2. The van der Waals surface area contributed by atoms with Gasteiger partial charge in [-0.1, -0.05) is 24.6 Å². The summed E-state index contributed by atoms with van der Waals surface area (Å²) in [4.78, 5) is 17.9. The molecule has 2 heterocycles. The van der Waals surface area contributed by atoms with E-state index in [0.717, 1.165) is 30.2 Å². The lowest BCUT2D eigenvalue weighted by atomic mass is 9.64. The Morgan fingerprint density at radius 1 is 1.30 bits per heavy atom. The molecule has 0 atom stereocenters. The molecule has 3 nitrogen and oxygen atoms in total. The number of rotatable bonds is 0. The molecule has 0 radical (unpaired) electrons. The summed E-state index contributed by atoms with van der Waals surface area (Å²) in [6, 6.07) is 7.49. The van der Waals surface area contributed by atoms with Crippen LogP contribution in [0.2, 0.25) is 0 Å². The molecular formula is C15H14ClFN2O. The number of nitrogens with zero attached hydrogens (tertiary/aromatic N) is 2. The van der Waals surface area contributed by atoms with E-state index in [0.29, 0.717) is 11.2 Å². The number of likely N-dealkylation sites (N-methyl/N-ethyl adjacent to an activating group) is 1. The summed E-state index contributed by atoms with van der Waals surface area (Å²) >= 11 is 0. The van der Waals surface area contributed by atoms with Crippen LogP contribution in [0.3, 0.4) is 0 Å². The van der Waals surface area contributed by atoms with Gasteiger partial charge in [0.05, 0.1) is 10.9 Å². The van der Waals surface area contributed by atoms with E-state index in [1.807, 2.05) is 18.2 Å². The zero-order chi connectivity index (χ0) is 13.2. The van der Waals surface area contributed by atoms with Crippen molar-refractivity contribution < 1.29 is 9.18 Å². The third kappa shape index (κ3) is 1.35. The molecule has 1 aromatic carbocycles. The van der Waals surface area contributed by atoms with Gasteiger partial charge >= 0.3 is 0 Å². The third-order valence-corrected chi connectivity index (χ3v) is 4.56. The fourth-order valence-corrected chi connectivity index (χ4v) is 3.49. The van der Waals surface area contributed by atoms with E-state index >= 15 is 0 Å². The van der Waals surface area contributed by atoms with Gasteiger partial charge in [0.15, 0.2) is 0 Å². The van der Waals surface area contributed by atoms with Crippen LogP contribution in [0.15, 0.2) is 24.3 Å². The largest absolute Gasteiger partial charge is 0.310 e. The van der Waals surface area contributed by atoms with Gasteiger partial charge in [0.25, 0.3) is 0 Å². The number of carbonyl (C=O) groups excluding carboxylic acids is 1. The van der Waals surface area contributed by atoms with Gasteiger partial charge in [0.2, 0.25) is 11.9 Å². The number of amides is 1. The van der Waals surface area contributed by atoms with Crippen molar-refractivity contribution in [3.05, 3.63) is 35.8 Å². The number of halogens is 2. The number of para-hydroxylation sites is 1. The van der Waals surface area contributed by atoms with Gasteiger partial charge in [-0.15, -0.1) is 12.4 Å². The van der Waals surface area contributed by atoms with Crippen LogP contribution in [-0.4, -0.2) is 17.9 Å². The smallest absolute Gasteiger partial charge is 0.237 e. The second-order valence-corrected chi connectivity index (χ2v) is 5.44. The summed E-state index contributed by atoms with van der Waals surface area (Å²) in [5.41, 5.74) is 1.37. The van der Waals surface area contributed by atoms with Crippen LogP contribution in [0.25, 0.3) is 10.9 Å². The maximum Gasteiger partial charge on any atom is 0.237 e. The van der Waals surface area contributed by atoms with Gasteiger partial charge in [0.1, 0.15) is 5.69 Å². The molecular weight excluding hydrogens is 279 g/mol. The molecule has 1 aliphatic carbocycles. The van der Waals surface area contributed by atoms with Crippen LogP contribution in [0.4, 0.5) is 10.1 Å². The first-order valence-electron chi connectivity index (χ1n) is 6.52. The molecule has 1 aliphatic heterocycles. The zero-order valence-corrected chi connectivity index (χ0v) is 11.8. The zero-order valence-electron chi connectivity index (χ0n) is 11.0. The second kappa shape index (κ2) is 4.16. The summed E-state index contributed by atoms with van der Waals surface area (Å²) in [6.07, 6.45) is 2.66. The van der Waals surface area contributed by atoms with Crippen molar-refractivity contribution in [2.75, 3.05) is 11.9 Å².